The highest BCUT2D eigenvalue weighted by Gasteiger charge is 2.23. The summed E-state index contributed by atoms with van der Waals surface area (Å²) < 4.78 is 5.37. The van der Waals surface area contributed by atoms with Crippen LogP contribution in [0.1, 0.15) is 24.8 Å². The van der Waals surface area contributed by atoms with E-state index in [0.29, 0.717) is 12.3 Å². The van der Waals surface area contributed by atoms with Crippen LogP contribution >= 0.6 is 0 Å². The highest BCUT2D eigenvalue weighted by molar-refractivity contribution is 5.94. The van der Waals surface area contributed by atoms with E-state index in [1.165, 1.54) is 5.56 Å². The predicted molar refractivity (Wildman–Crippen MR) is 95.1 cm³/mol. The Balaban J connectivity index is 1.40. The fraction of sp³-hybridized carbons (Fsp3) is 0.368. The Morgan fingerprint density at radius 2 is 2.08 bits per heavy atom. The van der Waals surface area contributed by atoms with Crippen LogP contribution in [-0.4, -0.2) is 30.1 Å². The molecular weight excluding hydrogens is 302 g/mol. The number of carbonyl (C=O) groups is 1. The highest BCUT2D eigenvalue weighted by atomic mass is 16.5. The van der Waals surface area contributed by atoms with Crippen molar-refractivity contribution in [3.8, 4) is 0 Å². The first kappa shape index (κ1) is 16.5. The molecule has 0 bridgehead atoms. The summed E-state index contributed by atoms with van der Waals surface area (Å²) in [6.45, 7) is 1.53. The Hall–Kier alpha value is -2.40. The fourth-order valence-electron chi connectivity index (χ4n) is 2.73. The lowest BCUT2D eigenvalue weighted by Crippen LogP contribution is -2.26. The van der Waals surface area contributed by atoms with Crippen molar-refractivity contribution in [1.29, 1.82) is 0 Å². The number of aryl methyl sites for hydroxylation is 1. The summed E-state index contributed by atoms with van der Waals surface area (Å²) in [4.78, 5) is 16.3. The van der Waals surface area contributed by atoms with Gasteiger partial charge in [-0.3, -0.25) is 4.79 Å². The summed E-state index contributed by atoms with van der Waals surface area (Å²) in [5.74, 6) is 0.732. The maximum absolute atomic E-state index is 12.0. The summed E-state index contributed by atoms with van der Waals surface area (Å²) in [5.41, 5.74) is 2.05. The molecule has 0 spiro atoms. The van der Waals surface area contributed by atoms with Crippen LogP contribution in [0.4, 0.5) is 11.5 Å². The van der Waals surface area contributed by atoms with Gasteiger partial charge in [-0.05, 0) is 43.4 Å². The van der Waals surface area contributed by atoms with Crippen LogP contribution < -0.4 is 10.6 Å². The number of benzene rings is 1. The number of aromatic nitrogens is 1. The number of pyridine rings is 1. The normalized spacial score (nSPS) is 16.8. The highest BCUT2D eigenvalue weighted by Crippen LogP contribution is 2.15. The van der Waals surface area contributed by atoms with Gasteiger partial charge in [-0.2, -0.15) is 0 Å². The van der Waals surface area contributed by atoms with Gasteiger partial charge in [-0.1, -0.05) is 30.3 Å². The summed E-state index contributed by atoms with van der Waals surface area (Å²) in [6.07, 6.45) is 5.18. The lowest BCUT2D eigenvalue weighted by molar-refractivity contribution is -0.124. The molecular formula is C19H23N3O2. The molecule has 1 saturated heterocycles. The molecule has 1 unspecified atom stereocenters. The Morgan fingerprint density at radius 1 is 1.21 bits per heavy atom. The van der Waals surface area contributed by atoms with Crippen molar-refractivity contribution in [2.45, 2.75) is 31.8 Å². The molecule has 1 aromatic heterocycles. The topological polar surface area (TPSA) is 63.2 Å². The van der Waals surface area contributed by atoms with Crippen molar-refractivity contribution in [3.05, 3.63) is 54.2 Å². The monoisotopic (exact) mass is 325 g/mol. The smallest absolute Gasteiger partial charge is 0.253 e. The van der Waals surface area contributed by atoms with Gasteiger partial charge in [0.1, 0.15) is 11.9 Å². The van der Waals surface area contributed by atoms with Gasteiger partial charge in [-0.25, -0.2) is 4.98 Å². The number of carbonyl (C=O) groups excluding carboxylic acids is 1. The summed E-state index contributed by atoms with van der Waals surface area (Å²) >= 11 is 0. The van der Waals surface area contributed by atoms with E-state index in [1.54, 1.807) is 6.20 Å². The minimum atomic E-state index is -0.319. The van der Waals surface area contributed by atoms with E-state index in [2.05, 4.69) is 39.9 Å². The third-order valence-electron chi connectivity index (χ3n) is 4.04. The van der Waals surface area contributed by atoms with Gasteiger partial charge in [0.25, 0.3) is 5.91 Å². The van der Waals surface area contributed by atoms with Gasteiger partial charge >= 0.3 is 0 Å². The van der Waals surface area contributed by atoms with Gasteiger partial charge in [0, 0.05) is 13.2 Å². The summed E-state index contributed by atoms with van der Waals surface area (Å²) in [7, 11) is 0. The zero-order valence-electron chi connectivity index (χ0n) is 13.7. The zero-order chi connectivity index (χ0) is 16.6. The van der Waals surface area contributed by atoms with E-state index < -0.39 is 0 Å². The van der Waals surface area contributed by atoms with Crippen LogP contribution in [0.15, 0.2) is 48.7 Å². The molecule has 1 aromatic carbocycles. The second-order valence-electron chi connectivity index (χ2n) is 5.94. The molecule has 1 atom stereocenters. The predicted octanol–water partition coefficient (Wildman–Crippen LogP) is 3.24. The SMILES string of the molecule is O=C(Nc1ccc(NCCCc2ccccc2)nc1)C1CCCO1. The molecule has 0 saturated carbocycles. The number of nitrogens with zero attached hydrogens (tertiary/aromatic N) is 1. The van der Waals surface area contributed by atoms with Gasteiger partial charge in [0.05, 0.1) is 11.9 Å². The van der Waals surface area contributed by atoms with E-state index in [4.69, 9.17) is 4.74 Å². The van der Waals surface area contributed by atoms with Crippen molar-refractivity contribution < 1.29 is 9.53 Å². The first-order valence-corrected chi connectivity index (χ1v) is 8.47. The molecule has 1 amide bonds. The quantitative estimate of drug-likeness (QED) is 0.767. The van der Waals surface area contributed by atoms with Crippen molar-refractivity contribution >= 4 is 17.4 Å². The molecule has 0 radical (unpaired) electrons. The third kappa shape index (κ3) is 4.80. The van der Waals surface area contributed by atoms with Crippen LogP contribution in [0, 0.1) is 0 Å². The lowest BCUT2D eigenvalue weighted by atomic mass is 10.1. The minimum Gasteiger partial charge on any atom is -0.370 e. The largest absolute Gasteiger partial charge is 0.370 e. The average molecular weight is 325 g/mol. The van der Waals surface area contributed by atoms with Crippen molar-refractivity contribution in [2.75, 3.05) is 23.8 Å². The average Bonchev–Trinajstić information content (AvgIpc) is 3.16. The number of nitrogens with one attached hydrogen (secondary N) is 2. The minimum absolute atomic E-state index is 0.0853. The van der Waals surface area contributed by atoms with Gasteiger partial charge in [0.2, 0.25) is 0 Å². The van der Waals surface area contributed by atoms with Crippen molar-refractivity contribution in [1.82, 2.24) is 4.98 Å². The van der Waals surface area contributed by atoms with E-state index >= 15 is 0 Å². The van der Waals surface area contributed by atoms with E-state index in [9.17, 15) is 4.79 Å². The molecule has 1 aliphatic rings. The maximum atomic E-state index is 12.0. The van der Waals surface area contributed by atoms with Gasteiger partial charge < -0.3 is 15.4 Å². The van der Waals surface area contributed by atoms with Crippen LogP contribution in [0.25, 0.3) is 0 Å². The number of ether oxygens (including phenoxy) is 1. The Morgan fingerprint density at radius 3 is 2.79 bits per heavy atom. The molecule has 3 rings (SSSR count). The molecule has 0 aliphatic carbocycles. The number of amides is 1. The molecule has 5 heteroatoms. The molecule has 1 fully saturated rings. The van der Waals surface area contributed by atoms with Crippen LogP contribution in [-0.2, 0) is 16.0 Å². The first-order chi connectivity index (χ1) is 11.8. The van der Waals surface area contributed by atoms with E-state index in [0.717, 1.165) is 38.0 Å². The second-order valence-corrected chi connectivity index (χ2v) is 5.94. The number of hydrogen-bond donors (Lipinski definition) is 2. The molecule has 24 heavy (non-hydrogen) atoms. The standard InChI is InChI=1S/C19H23N3O2/c23-19(17-9-5-13-24-17)22-16-10-11-18(21-14-16)20-12-4-8-15-6-2-1-3-7-15/h1-3,6-7,10-11,14,17H,4-5,8-9,12-13H2,(H,20,21)(H,22,23). The van der Waals surface area contributed by atoms with E-state index in [1.807, 2.05) is 18.2 Å². The number of anilines is 2. The third-order valence-corrected chi connectivity index (χ3v) is 4.04. The lowest BCUT2D eigenvalue weighted by Gasteiger charge is -2.11. The molecule has 2 heterocycles. The molecule has 1 aliphatic heterocycles. The van der Waals surface area contributed by atoms with Crippen LogP contribution in [0.5, 0.6) is 0 Å². The Bertz CT molecular complexity index is 637. The molecule has 2 aromatic rings. The second kappa shape index (κ2) is 8.45. The van der Waals surface area contributed by atoms with Gasteiger partial charge in [-0.15, -0.1) is 0 Å². The fourth-order valence-corrected chi connectivity index (χ4v) is 2.73. The Kier molecular flexibility index (Phi) is 5.80. The Labute approximate surface area is 142 Å². The van der Waals surface area contributed by atoms with Crippen LogP contribution in [0.2, 0.25) is 0 Å². The molecule has 2 N–H and O–H groups in total. The van der Waals surface area contributed by atoms with Crippen molar-refractivity contribution in [3.63, 3.8) is 0 Å². The van der Waals surface area contributed by atoms with E-state index in [-0.39, 0.29) is 12.0 Å². The van der Waals surface area contributed by atoms with Gasteiger partial charge in [0.15, 0.2) is 0 Å². The summed E-state index contributed by atoms with van der Waals surface area (Å²) in [6, 6.07) is 14.2. The van der Waals surface area contributed by atoms with Crippen molar-refractivity contribution in [2.24, 2.45) is 0 Å². The summed E-state index contributed by atoms with van der Waals surface area (Å²) in [5, 5.41) is 6.15. The van der Waals surface area contributed by atoms with Crippen LogP contribution in [0.3, 0.4) is 0 Å². The molecule has 126 valence electrons. The first-order valence-electron chi connectivity index (χ1n) is 8.47. The number of rotatable bonds is 7. The maximum Gasteiger partial charge on any atom is 0.253 e. The number of hydrogen-bond acceptors (Lipinski definition) is 4. The zero-order valence-corrected chi connectivity index (χ0v) is 13.7. The molecule has 5 nitrogen and oxygen atoms in total.